The average molecular weight is 466 g/mol. The molecule has 0 aliphatic rings. The molecular weight excluding hydrogens is 438 g/mol. The fourth-order valence-electron chi connectivity index (χ4n) is 4.41. The third-order valence-corrected chi connectivity index (χ3v) is 6.10. The van der Waals surface area contributed by atoms with Crippen molar-refractivity contribution in [3.63, 3.8) is 0 Å². The van der Waals surface area contributed by atoms with E-state index in [-0.39, 0.29) is 17.5 Å². The summed E-state index contributed by atoms with van der Waals surface area (Å²) in [7, 11) is 0. The Hall–Kier alpha value is -4.26. The largest absolute Gasteiger partial charge is 0.342 e. The quantitative estimate of drug-likeness (QED) is 0.379. The minimum Gasteiger partial charge on any atom is -0.342 e. The Kier molecular flexibility index (Phi) is 6.14. The Morgan fingerprint density at radius 3 is 2.57 bits per heavy atom. The lowest BCUT2D eigenvalue weighted by Gasteiger charge is -2.20. The molecule has 7 nitrogen and oxygen atoms in total. The summed E-state index contributed by atoms with van der Waals surface area (Å²) in [6.45, 7) is 4.40. The number of para-hydroxylation sites is 2. The van der Waals surface area contributed by atoms with Gasteiger partial charge in [-0.15, -0.1) is 0 Å². The van der Waals surface area contributed by atoms with Gasteiger partial charge in [-0.3, -0.25) is 14.0 Å². The third kappa shape index (κ3) is 4.57. The number of carbonyl (C=O) groups excluding carboxylic acids is 1. The second kappa shape index (κ2) is 9.54. The molecule has 35 heavy (non-hydrogen) atoms. The van der Waals surface area contributed by atoms with Gasteiger partial charge in [0.2, 0.25) is 0 Å². The summed E-state index contributed by atoms with van der Waals surface area (Å²) in [6, 6.07) is 22.2. The van der Waals surface area contributed by atoms with Crippen LogP contribution >= 0.6 is 0 Å². The van der Waals surface area contributed by atoms with Crippen LogP contribution in [0.1, 0.15) is 53.2 Å². The van der Waals surface area contributed by atoms with Crippen molar-refractivity contribution in [3.8, 4) is 0 Å². The maximum absolute atomic E-state index is 13.0. The minimum absolute atomic E-state index is 0.123. The van der Waals surface area contributed by atoms with Gasteiger partial charge in [-0.1, -0.05) is 49.7 Å². The summed E-state index contributed by atoms with van der Waals surface area (Å²) >= 11 is 0. The number of aryl methyl sites for hydroxylation is 1. The second-order valence-electron chi connectivity index (χ2n) is 8.75. The standard InChI is InChI=1S/C28H27N5O2/c1-3-9-23(31-28(35)20-10-5-4-6-11-20)27-30-22-12-7-8-13-24(22)32(27)18-21-16-26(34)33-17-19(2)14-15-25(33)29-21/h4-8,10-17,23H,3,9,18H2,1-2H3,(H,31,35). The molecule has 3 heterocycles. The van der Waals surface area contributed by atoms with Gasteiger partial charge in [0.15, 0.2) is 0 Å². The van der Waals surface area contributed by atoms with Crippen LogP contribution in [-0.4, -0.2) is 24.8 Å². The highest BCUT2D eigenvalue weighted by molar-refractivity contribution is 5.94. The molecule has 1 unspecified atom stereocenters. The minimum atomic E-state index is -0.288. The fraction of sp³-hybridized carbons (Fsp3) is 0.214. The molecule has 1 atom stereocenters. The van der Waals surface area contributed by atoms with Crippen molar-refractivity contribution in [1.29, 1.82) is 0 Å². The Bertz CT molecular complexity index is 1570. The van der Waals surface area contributed by atoms with Gasteiger partial charge in [0, 0.05) is 17.8 Å². The number of nitrogens with one attached hydrogen (secondary N) is 1. The average Bonchev–Trinajstić information content (AvgIpc) is 3.23. The molecule has 0 radical (unpaired) electrons. The number of benzene rings is 2. The molecule has 1 N–H and O–H groups in total. The van der Waals surface area contributed by atoms with E-state index in [9.17, 15) is 9.59 Å². The summed E-state index contributed by atoms with van der Waals surface area (Å²) < 4.78 is 3.62. The second-order valence-corrected chi connectivity index (χ2v) is 8.75. The van der Waals surface area contributed by atoms with Crippen molar-refractivity contribution in [2.75, 3.05) is 0 Å². The summed E-state index contributed by atoms with van der Waals surface area (Å²) in [4.78, 5) is 35.5. The molecule has 7 heteroatoms. The van der Waals surface area contributed by atoms with E-state index in [0.29, 0.717) is 23.4 Å². The van der Waals surface area contributed by atoms with Crippen molar-refractivity contribution in [2.45, 2.75) is 39.3 Å². The molecule has 176 valence electrons. The number of aromatic nitrogens is 4. The van der Waals surface area contributed by atoms with Crippen LogP contribution in [0.25, 0.3) is 16.7 Å². The predicted octanol–water partition coefficient (Wildman–Crippen LogP) is 4.67. The van der Waals surface area contributed by atoms with E-state index in [1.807, 2.05) is 61.5 Å². The van der Waals surface area contributed by atoms with Gasteiger partial charge in [-0.05, 0) is 49.2 Å². The molecule has 0 fully saturated rings. The van der Waals surface area contributed by atoms with E-state index in [4.69, 9.17) is 9.97 Å². The Morgan fingerprint density at radius 1 is 1.00 bits per heavy atom. The van der Waals surface area contributed by atoms with Crippen molar-refractivity contribution in [1.82, 2.24) is 24.3 Å². The van der Waals surface area contributed by atoms with E-state index >= 15 is 0 Å². The molecule has 3 aromatic heterocycles. The Labute approximate surface area is 203 Å². The molecule has 0 spiro atoms. The monoisotopic (exact) mass is 465 g/mol. The van der Waals surface area contributed by atoms with E-state index in [1.54, 1.807) is 28.8 Å². The van der Waals surface area contributed by atoms with Gasteiger partial charge in [-0.25, -0.2) is 9.97 Å². The number of pyridine rings is 1. The molecule has 0 aliphatic heterocycles. The van der Waals surface area contributed by atoms with Gasteiger partial charge in [0.1, 0.15) is 11.5 Å². The maximum atomic E-state index is 13.0. The molecule has 1 amide bonds. The number of hydrogen-bond donors (Lipinski definition) is 1. The number of rotatable bonds is 7. The Balaban J connectivity index is 1.57. The highest BCUT2D eigenvalue weighted by Gasteiger charge is 2.23. The smallest absolute Gasteiger partial charge is 0.258 e. The van der Waals surface area contributed by atoms with Gasteiger partial charge < -0.3 is 9.88 Å². The lowest BCUT2D eigenvalue weighted by atomic mass is 10.1. The van der Waals surface area contributed by atoms with Gasteiger partial charge in [0.25, 0.3) is 11.5 Å². The van der Waals surface area contributed by atoms with Crippen LogP contribution in [0, 0.1) is 6.92 Å². The van der Waals surface area contributed by atoms with Crippen LogP contribution in [-0.2, 0) is 6.54 Å². The van der Waals surface area contributed by atoms with Crippen molar-refractivity contribution in [3.05, 3.63) is 112 Å². The first-order chi connectivity index (χ1) is 17.0. The number of amides is 1. The summed E-state index contributed by atoms with van der Waals surface area (Å²) in [5, 5.41) is 3.18. The molecular formula is C28H27N5O2. The first-order valence-corrected chi connectivity index (χ1v) is 11.8. The van der Waals surface area contributed by atoms with Crippen LogP contribution in [0.4, 0.5) is 0 Å². The SMILES string of the molecule is CCCC(NC(=O)c1ccccc1)c1nc2ccccc2n1Cc1cc(=O)n2cc(C)ccc2n1. The number of carbonyl (C=O) groups is 1. The van der Waals surface area contributed by atoms with Crippen LogP contribution < -0.4 is 10.9 Å². The zero-order valence-electron chi connectivity index (χ0n) is 19.8. The van der Waals surface area contributed by atoms with Crippen molar-refractivity contribution in [2.24, 2.45) is 0 Å². The number of hydrogen-bond acceptors (Lipinski definition) is 4. The van der Waals surface area contributed by atoms with Gasteiger partial charge >= 0.3 is 0 Å². The molecule has 0 saturated heterocycles. The van der Waals surface area contributed by atoms with E-state index in [0.717, 1.165) is 35.3 Å². The molecule has 0 saturated carbocycles. The summed E-state index contributed by atoms with van der Waals surface area (Å²) in [6.07, 6.45) is 3.40. The third-order valence-electron chi connectivity index (χ3n) is 6.10. The fourth-order valence-corrected chi connectivity index (χ4v) is 4.41. The molecule has 0 bridgehead atoms. The van der Waals surface area contributed by atoms with Gasteiger partial charge in [-0.2, -0.15) is 0 Å². The zero-order chi connectivity index (χ0) is 24.4. The summed E-state index contributed by atoms with van der Waals surface area (Å²) in [5.74, 6) is 0.614. The number of fused-ring (bicyclic) bond motifs is 2. The van der Waals surface area contributed by atoms with Gasteiger partial charge in [0.05, 0.1) is 29.3 Å². The van der Waals surface area contributed by atoms with Crippen molar-refractivity contribution >= 4 is 22.6 Å². The number of imidazole rings is 1. The molecule has 5 aromatic rings. The topological polar surface area (TPSA) is 81.3 Å². The predicted molar refractivity (Wildman–Crippen MR) is 137 cm³/mol. The van der Waals surface area contributed by atoms with Crippen LogP contribution in [0.5, 0.6) is 0 Å². The van der Waals surface area contributed by atoms with Crippen molar-refractivity contribution < 1.29 is 4.79 Å². The van der Waals surface area contributed by atoms with Crippen LogP contribution in [0.2, 0.25) is 0 Å². The first-order valence-electron chi connectivity index (χ1n) is 11.8. The van der Waals surface area contributed by atoms with E-state index < -0.39 is 0 Å². The Morgan fingerprint density at radius 2 is 1.77 bits per heavy atom. The zero-order valence-corrected chi connectivity index (χ0v) is 19.8. The van der Waals surface area contributed by atoms with E-state index in [1.165, 1.54) is 0 Å². The molecule has 2 aromatic carbocycles. The maximum Gasteiger partial charge on any atom is 0.258 e. The first kappa shape index (κ1) is 22.5. The lowest BCUT2D eigenvalue weighted by molar-refractivity contribution is 0.0932. The highest BCUT2D eigenvalue weighted by Crippen LogP contribution is 2.25. The normalized spacial score (nSPS) is 12.2. The summed E-state index contributed by atoms with van der Waals surface area (Å²) in [5.41, 5.74) is 4.50. The lowest BCUT2D eigenvalue weighted by Crippen LogP contribution is -2.31. The molecule has 5 rings (SSSR count). The molecule has 0 aliphatic carbocycles. The number of nitrogens with zero attached hydrogens (tertiary/aromatic N) is 4. The van der Waals surface area contributed by atoms with Crippen LogP contribution in [0.3, 0.4) is 0 Å². The van der Waals surface area contributed by atoms with E-state index in [2.05, 4.69) is 16.8 Å². The highest BCUT2D eigenvalue weighted by atomic mass is 16.1. The van der Waals surface area contributed by atoms with Crippen LogP contribution in [0.15, 0.2) is 83.8 Å².